The number of rotatable bonds is 6. The molecule has 4 nitrogen and oxygen atoms in total. The maximum atomic E-state index is 5.50. The van der Waals surface area contributed by atoms with Crippen molar-refractivity contribution in [2.45, 2.75) is 33.3 Å². The van der Waals surface area contributed by atoms with Gasteiger partial charge in [-0.1, -0.05) is 31.6 Å². The quantitative estimate of drug-likeness (QED) is 0.789. The zero-order valence-corrected chi connectivity index (χ0v) is 9.51. The first kappa shape index (κ1) is 11.4. The topological polar surface area (TPSA) is 61.0 Å². The molecule has 0 bridgehead atoms. The lowest BCUT2D eigenvalue weighted by molar-refractivity contribution is 0.0888. The molecule has 14 heavy (non-hydrogen) atoms. The Labute approximate surface area is 88.5 Å². The van der Waals surface area contributed by atoms with Gasteiger partial charge in [-0.25, -0.2) is 0 Å². The minimum absolute atomic E-state index is 0.505. The van der Waals surface area contributed by atoms with Gasteiger partial charge >= 0.3 is 0 Å². The third-order valence-corrected chi connectivity index (χ3v) is 2.62. The maximum absolute atomic E-state index is 5.50. The molecule has 0 aliphatic heterocycles. The zero-order valence-electron chi connectivity index (χ0n) is 8.69. The van der Waals surface area contributed by atoms with E-state index in [-0.39, 0.29) is 0 Å². The van der Waals surface area contributed by atoms with Crippen LogP contribution in [-0.4, -0.2) is 16.8 Å². The SMILES string of the molecule is CCCC(C)COCc1nnc(N)s1. The Balaban J connectivity index is 2.15. The fourth-order valence-electron chi connectivity index (χ4n) is 1.25. The van der Waals surface area contributed by atoms with Crippen LogP contribution in [-0.2, 0) is 11.3 Å². The van der Waals surface area contributed by atoms with Crippen LogP contribution < -0.4 is 5.73 Å². The van der Waals surface area contributed by atoms with Crippen LogP contribution in [0.4, 0.5) is 5.13 Å². The van der Waals surface area contributed by atoms with E-state index < -0.39 is 0 Å². The first-order chi connectivity index (χ1) is 6.72. The van der Waals surface area contributed by atoms with Crippen molar-refractivity contribution in [3.63, 3.8) is 0 Å². The Hall–Kier alpha value is -0.680. The summed E-state index contributed by atoms with van der Waals surface area (Å²) in [5.41, 5.74) is 5.45. The van der Waals surface area contributed by atoms with Crippen molar-refractivity contribution in [1.29, 1.82) is 0 Å². The molecule has 0 aliphatic rings. The van der Waals surface area contributed by atoms with Gasteiger partial charge in [0.15, 0.2) is 0 Å². The number of ether oxygens (including phenoxy) is 1. The molecule has 0 aromatic carbocycles. The van der Waals surface area contributed by atoms with Crippen LogP contribution >= 0.6 is 11.3 Å². The molecular weight excluding hydrogens is 198 g/mol. The second kappa shape index (κ2) is 5.93. The summed E-state index contributed by atoms with van der Waals surface area (Å²) >= 11 is 1.38. The number of hydrogen-bond acceptors (Lipinski definition) is 5. The molecule has 0 saturated heterocycles. The summed E-state index contributed by atoms with van der Waals surface area (Å²) in [5, 5.41) is 8.95. The zero-order chi connectivity index (χ0) is 10.4. The molecule has 80 valence electrons. The van der Waals surface area contributed by atoms with E-state index in [0.29, 0.717) is 17.7 Å². The molecule has 1 heterocycles. The van der Waals surface area contributed by atoms with Gasteiger partial charge in [0.2, 0.25) is 5.13 Å². The Bertz CT molecular complexity index is 264. The summed E-state index contributed by atoms with van der Waals surface area (Å²) in [7, 11) is 0. The van der Waals surface area contributed by atoms with Crippen molar-refractivity contribution in [1.82, 2.24) is 10.2 Å². The molecule has 0 fully saturated rings. The molecule has 1 aromatic heterocycles. The summed E-state index contributed by atoms with van der Waals surface area (Å²) in [5.74, 6) is 0.616. The summed E-state index contributed by atoms with van der Waals surface area (Å²) in [4.78, 5) is 0. The number of nitrogens with two attached hydrogens (primary N) is 1. The second-order valence-electron chi connectivity index (χ2n) is 3.44. The average Bonchev–Trinajstić information content (AvgIpc) is 2.52. The van der Waals surface area contributed by atoms with Gasteiger partial charge in [-0.3, -0.25) is 0 Å². The highest BCUT2D eigenvalue weighted by molar-refractivity contribution is 7.15. The lowest BCUT2D eigenvalue weighted by atomic mass is 10.1. The van der Waals surface area contributed by atoms with Crippen LogP contribution in [0.15, 0.2) is 0 Å². The number of nitrogen functional groups attached to an aromatic ring is 1. The van der Waals surface area contributed by atoms with Crippen LogP contribution in [0.2, 0.25) is 0 Å². The van der Waals surface area contributed by atoms with Gasteiger partial charge in [0.05, 0.1) is 0 Å². The lowest BCUT2D eigenvalue weighted by Crippen LogP contribution is -2.05. The van der Waals surface area contributed by atoms with E-state index >= 15 is 0 Å². The molecule has 0 aliphatic carbocycles. The van der Waals surface area contributed by atoms with E-state index in [1.165, 1.54) is 24.2 Å². The lowest BCUT2D eigenvalue weighted by Gasteiger charge is -2.08. The maximum Gasteiger partial charge on any atom is 0.203 e. The molecule has 1 rings (SSSR count). The third kappa shape index (κ3) is 4.02. The van der Waals surface area contributed by atoms with E-state index in [2.05, 4.69) is 24.0 Å². The highest BCUT2D eigenvalue weighted by atomic mass is 32.1. The van der Waals surface area contributed by atoms with Crippen LogP contribution in [0.25, 0.3) is 0 Å². The van der Waals surface area contributed by atoms with Crippen molar-refractivity contribution in [2.24, 2.45) is 5.92 Å². The molecule has 1 atom stereocenters. The minimum atomic E-state index is 0.505. The second-order valence-corrected chi connectivity index (χ2v) is 4.54. The number of aromatic nitrogens is 2. The van der Waals surface area contributed by atoms with Gasteiger partial charge in [-0.15, -0.1) is 10.2 Å². The van der Waals surface area contributed by atoms with Gasteiger partial charge in [0, 0.05) is 6.61 Å². The fraction of sp³-hybridized carbons (Fsp3) is 0.778. The first-order valence-corrected chi connectivity index (χ1v) is 5.69. The highest BCUT2D eigenvalue weighted by Gasteiger charge is 2.03. The van der Waals surface area contributed by atoms with Gasteiger partial charge in [0.1, 0.15) is 11.6 Å². The summed E-state index contributed by atoms with van der Waals surface area (Å²) < 4.78 is 5.50. The third-order valence-electron chi connectivity index (χ3n) is 1.89. The van der Waals surface area contributed by atoms with Gasteiger partial charge in [-0.2, -0.15) is 0 Å². The molecule has 2 N–H and O–H groups in total. The van der Waals surface area contributed by atoms with Crippen LogP contribution in [0, 0.1) is 5.92 Å². The monoisotopic (exact) mass is 215 g/mol. The average molecular weight is 215 g/mol. The van der Waals surface area contributed by atoms with E-state index in [0.717, 1.165) is 11.6 Å². The molecule has 1 unspecified atom stereocenters. The molecule has 0 saturated carbocycles. The largest absolute Gasteiger partial charge is 0.374 e. The van der Waals surface area contributed by atoms with E-state index in [9.17, 15) is 0 Å². The van der Waals surface area contributed by atoms with Crippen LogP contribution in [0.5, 0.6) is 0 Å². The molecule has 1 aromatic rings. The van der Waals surface area contributed by atoms with E-state index in [4.69, 9.17) is 10.5 Å². The number of hydrogen-bond donors (Lipinski definition) is 1. The van der Waals surface area contributed by atoms with Crippen molar-refractivity contribution in [2.75, 3.05) is 12.3 Å². The molecule has 5 heteroatoms. The Morgan fingerprint density at radius 3 is 2.86 bits per heavy atom. The smallest absolute Gasteiger partial charge is 0.203 e. The predicted molar refractivity (Wildman–Crippen MR) is 58.0 cm³/mol. The van der Waals surface area contributed by atoms with Crippen molar-refractivity contribution < 1.29 is 4.74 Å². The Morgan fingerprint density at radius 2 is 2.29 bits per heavy atom. The highest BCUT2D eigenvalue weighted by Crippen LogP contribution is 2.13. The van der Waals surface area contributed by atoms with E-state index in [1.54, 1.807) is 0 Å². The molecular formula is C9H17N3OS. The molecule has 0 amide bonds. The number of anilines is 1. The fourth-order valence-corrected chi connectivity index (χ4v) is 1.80. The summed E-state index contributed by atoms with van der Waals surface area (Å²) in [6.07, 6.45) is 2.41. The van der Waals surface area contributed by atoms with Crippen LogP contribution in [0.1, 0.15) is 31.7 Å². The molecule has 0 spiro atoms. The summed E-state index contributed by atoms with van der Waals surface area (Å²) in [6, 6.07) is 0. The van der Waals surface area contributed by atoms with E-state index in [1.807, 2.05) is 0 Å². The van der Waals surface area contributed by atoms with Crippen LogP contribution in [0.3, 0.4) is 0 Å². The minimum Gasteiger partial charge on any atom is -0.374 e. The van der Waals surface area contributed by atoms with Gasteiger partial charge in [0.25, 0.3) is 0 Å². The standard InChI is InChI=1S/C9H17N3OS/c1-3-4-7(2)5-13-6-8-11-12-9(10)14-8/h7H,3-6H2,1-2H3,(H2,10,12). The Morgan fingerprint density at radius 1 is 1.50 bits per heavy atom. The van der Waals surface area contributed by atoms with Crippen molar-refractivity contribution in [3.05, 3.63) is 5.01 Å². The Kier molecular flexibility index (Phi) is 4.82. The van der Waals surface area contributed by atoms with Gasteiger partial charge in [-0.05, 0) is 12.3 Å². The van der Waals surface area contributed by atoms with Crippen molar-refractivity contribution in [3.8, 4) is 0 Å². The van der Waals surface area contributed by atoms with Crippen molar-refractivity contribution >= 4 is 16.5 Å². The molecule has 0 radical (unpaired) electrons. The first-order valence-electron chi connectivity index (χ1n) is 4.88. The predicted octanol–water partition coefficient (Wildman–Crippen LogP) is 2.07. The number of nitrogens with zero attached hydrogens (tertiary/aromatic N) is 2. The normalized spacial score (nSPS) is 13.0. The summed E-state index contributed by atoms with van der Waals surface area (Å²) in [6.45, 7) is 5.69. The van der Waals surface area contributed by atoms with Gasteiger partial charge < -0.3 is 10.5 Å².